The van der Waals surface area contributed by atoms with Gasteiger partial charge in [0.05, 0.1) is 11.9 Å². The fraction of sp³-hybridized carbons (Fsp3) is 0.182. The van der Waals surface area contributed by atoms with Crippen molar-refractivity contribution in [2.24, 2.45) is 0 Å². The molecule has 0 aliphatic rings. The van der Waals surface area contributed by atoms with E-state index in [9.17, 15) is 0 Å². The first-order valence-corrected chi connectivity index (χ1v) is 5.51. The fourth-order valence-electron chi connectivity index (χ4n) is 1.16. The summed E-state index contributed by atoms with van der Waals surface area (Å²) >= 11 is 1.67. The molecule has 2 aromatic heterocycles. The first kappa shape index (κ1) is 9.98. The van der Waals surface area contributed by atoms with E-state index in [4.69, 9.17) is 10.5 Å². The van der Waals surface area contributed by atoms with Crippen molar-refractivity contribution < 1.29 is 4.74 Å². The van der Waals surface area contributed by atoms with Gasteiger partial charge in [0.2, 0.25) is 5.88 Å². The molecule has 0 unspecified atom stereocenters. The third-order valence-corrected chi connectivity index (χ3v) is 2.92. The molecular formula is C11H12N2OS. The second-order valence-electron chi connectivity index (χ2n) is 3.25. The lowest BCUT2D eigenvalue weighted by molar-refractivity contribution is 0.297. The second-order valence-corrected chi connectivity index (χ2v) is 4.28. The van der Waals surface area contributed by atoms with Crippen LogP contribution >= 0.6 is 11.3 Å². The number of thiophene rings is 1. The third-order valence-electron chi connectivity index (χ3n) is 2.07. The van der Waals surface area contributed by atoms with Crippen molar-refractivity contribution in [1.29, 1.82) is 0 Å². The third kappa shape index (κ3) is 2.47. The Morgan fingerprint density at radius 3 is 3.07 bits per heavy atom. The first-order chi connectivity index (χ1) is 7.25. The minimum Gasteiger partial charge on any atom is -0.472 e. The molecule has 15 heavy (non-hydrogen) atoms. The Morgan fingerprint density at radius 1 is 1.53 bits per heavy atom. The van der Waals surface area contributed by atoms with Crippen LogP contribution in [-0.2, 0) is 6.61 Å². The van der Waals surface area contributed by atoms with Crippen molar-refractivity contribution >= 4 is 17.0 Å². The predicted molar refractivity (Wildman–Crippen MR) is 62.0 cm³/mol. The topological polar surface area (TPSA) is 48.1 Å². The Bertz CT molecular complexity index is 440. The van der Waals surface area contributed by atoms with Gasteiger partial charge in [0.15, 0.2) is 0 Å². The standard InChI is InChI=1S/C11H12N2OS/c1-8-5-11(13-6-10(8)12)14-7-9-3-2-4-15-9/h2-6H,7,12H2,1H3. The van der Waals surface area contributed by atoms with Crippen LogP contribution in [0.1, 0.15) is 10.4 Å². The number of hydrogen-bond acceptors (Lipinski definition) is 4. The van der Waals surface area contributed by atoms with E-state index < -0.39 is 0 Å². The fourth-order valence-corrected chi connectivity index (χ4v) is 1.78. The van der Waals surface area contributed by atoms with Crippen LogP contribution in [-0.4, -0.2) is 4.98 Å². The molecule has 0 atom stereocenters. The summed E-state index contributed by atoms with van der Waals surface area (Å²) in [5.41, 5.74) is 7.35. The van der Waals surface area contributed by atoms with E-state index in [1.54, 1.807) is 17.5 Å². The van der Waals surface area contributed by atoms with Gasteiger partial charge in [-0.25, -0.2) is 4.98 Å². The number of hydrogen-bond donors (Lipinski definition) is 1. The molecule has 0 saturated heterocycles. The van der Waals surface area contributed by atoms with Gasteiger partial charge in [-0.2, -0.15) is 0 Å². The zero-order chi connectivity index (χ0) is 10.7. The average Bonchev–Trinajstić information content (AvgIpc) is 2.73. The smallest absolute Gasteiger partial charge is 0.213 e. The lowest BCUT2D eigenvalue weighted by Crippen LogP contribution is -1.97. The molecule has 0 bridgehead atoms. The van der Waals surface area contributed by atoms with Crippen LogP contribution in [0.25, 0.3) is 0 Å². The van der Waals surface area contributed by atoms with Gasteiger partial charge in [-0.15, -0.1) is 11.3 Å². The summed E-state index contributed by atoms with van der Waals surface area (Å²) in [6.07, 6.45) is 1.62. The van der Waals surface area contributed by atoms with Gasteiger partial charge in [0, 0.05) is 10.9 Å². The van der Waals surface area contributed by atoms with Gasteiger partial charge in [-0.1, -0.05) is 6.07 Å². The summed E-state index contributed by atoms with van der Waals surface area (Å²) in [4.78, 5) is 5.28. The largest absolute Gasteiger partial charge is 0.472 e. The predicted octanol–water partition coefficient (Wildman–Crippen LogP) is 2.61. The van der Waals surface area contributed by atoms with Gasteiger partial charge in [-0.3, -0.25) is 0 Å². The molecule has 3 nitrogen and oxygen atoms in total. The monoisotopic (exact) mass is 220 g/mol. The van der Waals surface area contributed by atoms with Crippen LogP contribution < -0.4 is 10.5 Å². The lowest BCUT2D eigenvalue weighted by Gasteiger charge is -2.05. The van der Waals surface area contributed by atoms with Gasteiger partial charge < -0.3 is 10.5 Å². The maximum Gasteiger partial charge on any atom is 0.213 e. The summed E-state index contributed by atoms with van der Waals surface area (Å²) in [5.74, 6) is 0.620. The Hall–Kier alpha value is -1.55. The molecule has 0 saturated carbocycles. The van der Waals surface area contributed by atoms with Gasteiger partial charge in [0.25, 0.3) is 0 Å². The summed E-state index contributed by atoms with van der Waals surface area (Å²) < 4.78 is 5.53. The summed E-state index contributed by atoms with van der Waals surface area (Å²) in [6, 6.07) is 5.89. The molecular weight excluding hydrogens is 208 g/mol. The summed E-state index contributed by atoms with van der Waals surface area (Å²) in [5, 5.41) is 2.03. The normalized spacial score (nSPS) is 10.2. The van der Waals surface area contributed by atoms with Crippen LogP contribution in [0.15, 0.2) is 29.8 Å². The van der Waals surface area contributed by atoms with E-state index in [0.29, 0.717) is 18.2 Å². The molecule has 4 heteroatoms. The van der Waals surface area contributed by atoms with Gasteiger partial charge in [-0.05, 0) is 23.9 Å². The quantitative estimate of drug-likeness (QED) is 0.865. The van der Waals surface area contributed by atoms with Crippen LogP contribution in [0.4, 0.5) is 5.69 Å². The second kappa shape index (κ2) is 4.31. The highest BCUT2D eigenvalue weighted by atomic mass is 32.1. The van der Waals surface area contributed by atoms with Crippen molar-refractivity contribution in [3.05, 3.63) is 40.2 Å². The molecule has 0 radical (unpaired) electrons. The molecule has 78 valence electrons. The molecule has 0 aromatic carbocycles. The molecule has 2 rings (SSSR count). The van der Waals surface area contributed by atoms with Crippen molar-refractivity contribution in [3.8, 4) is 5.88 Å². The summed E-state index contributed by atoms with van der Waals surface area (Å²) in [7, 11) is 0. The SMILES string of the molecule is Cc1cc(OCc2cccs2)ncc1N. The van der Waals surface area contributed by atoms with Crippen LogP contribution in [0.2, 0.25) is 0 Å². The number of nitrogens with two attached hydrogens (primary N) is 1. The first-order valence-electron chi connectivity index (χ1n) is 4.63. The van der Waals surface area contributed by atoms with E-state index in [2.05, 4.69) is 4.98 Å². The van der Waals surface area contributed by atoms with Crippen molar-refractivity contribution in [2.75, 3.05) is 5.73 Å². The lowest BCUT2D eigenvalue weighted by atomic mass is 10.2. The zero-order valence-corrected chi connectivity index (χ0v) is 9.25. The number of aromatic nitrogens is 1. The number of rotatable bonds is 3. The molecule has 2 aromatic rings. The Kier molecular flexibility index (Phi) is 2.87. The number of aryl methyl sites for hydroxylation is 1. The van der Waals surface area contributed by atoms with Crippen molar-refractivity contribution in [3.63, 3.8) is 0 Å². The highest BCUT2D eigenvalue weighted by Crippen LogP contribution is 2.17. The zero-order valence-electron chi connectivity index (χ0n) is 8.43. The number of pyridine rings is 1. The van der Waals surface area contributed by atoms with E-state index >= 15 is 0 Å². The maximum absolute atomic E-state index is 5.66. The van der Waals surface area contributed by atoms with E-state index in [0.717, 1.165) is 5.56 Å². The molecule has 0 aliphatic carbocycles. The van der Waals surface area contributed by atoms with E-state index in [1.807, 2.05) is 30.5 Å². The minimum atomic E-state index is 0.564. The van der Waals surface area contributed by atoms with E-state index in [-0.39, 0.29) is 0 Å². The van der Waals surface area contributed by atoms with Gasteiger partial charge >= 0.3 is 0 Å². The van der Waals surface area contributed by atoms with E-state index in [1.165, 1.54) is 4.88 Å². The number of nitrogen functional groups attached to an aromatic ring is 1. The number of nitrogens with zero attached hydrogens (tertiary/aromatic N) is 1. The molecule has 2 heterocycles. The Balaban J connectivity index is 2.02. The Labute approximate surface area is 92.5 Å². The molecule has 0 fully saturated rings. The van der Waals surface area contributed by atoms with Gasteiger partial charge in [0.1, 0.15) is 6.61 Å². The summed E-state index contributed by atoms with van der Waals surface area (Å²) in [6.45, 7) is 2.50. The molecule has 0 aliphatic heterocycles. The molecule has 2 N–H and O–H groups in total. The van der Waals surface area contributed by atoms with Crippen molar-refractivity contribution in [2.45, 2.75) is 13.5 Å². The maximum atomic E-state index is 5.66. The van der Waals surface area contributed by atoms with Crippen molar-refractivity contribution in [1.82, 2.24) is 4.98 Å². The highest BCUT2D eigenvalue weighted by Gasteiger charge is 2.00. The Morgan fingerprint density at radius 2 is 2.40 bits per heavy atom. The minimum absolute atomic E-state index is 0.564. The van der Waals surface area contributed by atoms with Crippen LogP contribution in [0.3, 0.4) is 0 Å². The van der Waals surface area contributed by atoms with Crippen LogP contribution in [0, 0.1) is 6.92 Å². The number of ether oxygens (including phenoxy) is 1. The number of anilines is 1. The highest BCUT2D eigenvalue weighted by molar-refractivity contribution is 7.09. The van der Waals surface area contributed by atoms with Crippen LogP contribution in [0.5, 0.6) is 5.88 Å². The molecule has 0 spiro atoms. The average molecular weight is 220 g/mol. The molecule has 0 amide bonds.